The van der Waals surface area contributed by atoms with Gasteiger partial charge in [0.15, 0.2) is 0 Å². The topological polar surface area (TPSA) is 58.9 Å². The second-order valence-corrected chi connectivity index (χ2v) is 2.45. The van der Waals surface area contributed by atoms with Crippen molar-refractivity contribution < 1.29 is 9.59 Å². The highest BCUT2D eigenvalue weighted by Gasteiger charge is 2.25. The Hall–Kier alpha value is -1.80. The van der Waals surface area contributed by atoms with Gasteiger partial charge in [-0.25, -0.2) is 4.79 Å². The standard InChI is InChI=1S/C8H4N2O2/c11-4-5-2-1-3-6-7(5)8(12)10-9-6/h1-2H,3H2. The van der Waals surface area contributed by atoms with Crippen LogP contribution in [0.2, 0.25) is 0 Å². The van der Waals surface area contributed by atoms with Gasteiger partial charge in [0.05, 0.1) is 16.8 Å². The number of carbonyl (C=O) groups is 1. The Morgan fingerprint density at radius 3 is 3.00 bits per heavy atom. The largest absolute Gasteiger partial charge is 0.298 e. The first kappa shape index (κ1) is 6.88. The van der Waals surface area contributed by atoms with Gasteiger partial charge < -0.3 is 0 Å². The van der Waals surface area contributed by atoms with Gasteiger partial charge in [0.25, 0.3) is 5.91 Å². The summed E-state index contributed by atoms with van der Waals surface area (Å²) in [6, 6.07) is 0. The molecule has 0 saturated carbocycles. The van der Waals surface area contributed by atoms with Gasteiger partial charge in [0.2, 0.25) is 0 Å². The minimum absolute atomic E-state index is 0.256. The van der Waals surface area contributed by atoms with Crippen LogP contribution in [0.15, 0.2) is 39.2 Å². The maximum Gasteiger partial charge on any atom is 0.298 e. The van der Waals surface area contributed by atoms with Gasteiger partial charge in [0.1, 0.15) is 5.94 Å². The number of rotatable bonds is 0. The number of azo groups is 1. The van der Waals surface area contributed by atoms with Crippen LogP contribution in [-0.2, 0) is 9.59 Å². The number of carbonyl (C=O) groups excluding carboxylic acids is 2. The van der Waals surface area contributed by atoms with Gasteiger partial charge in [-0.2, -0.15) is 5.11 Å². The van der Waals surface area contributed by atoms with Gasteiger partial charge >= 0.3 is 0 Å². The van der Waals surface area contributed by atoms with Crippen LogP contribution in [0.5, 0.6) is 0 Å². The van der Waals surface area contributed by atoms with Crippen LogP contribution in [-0.4, -0.2) is 11.8 Å². The van der Waals surface area contributed by atoms with Gasteiger partial charge in [-0.3, -0.25) is 4.79 Å². The summed E-state index contributed by atoms with van der Waals surface area (Å²) in [7, 11) is 0. The van der Waals surface area contributed by atoms with Crippen molar-refractivity contribution in [1.29, 1.82) is 0 Å². The van der Waals surface area contributed by atoms with Crippen molar-refractivity contribution >= 4 is 11.8 Å². The van der Waals surface area contributed by atoms with E-state index in [1.165, 1.54) is 0 Å². The summed E-state index contributed by atoms with van der Waals surface area (Å²) in [5, 5.41) is 6.99. The Morgan fingerprint density at radius 2 is 2.25 bits per heavy atom. The van der Waals surface area contributed by atoms with Crippen LogP contribution in [0.1, 0.15) is 6.42 Å². The molecule has 4 heteroatoms. The van der Waals surface area contributed by atoms with E-state index in [1.807, 2.05) is 0 Å². The molecule has 0 bridgehead atoms. The van der Waals surface area contributed by atoms with Crippen molar-refractivity contribution in [2.24, 2.45) is 10.2 Å². The monoisotopic (exact) mass is 160 g/mol. The van der Waals surface area contributed by atoms with Crippen LogP contribution in [0.3, 0.4) is 0 Å². The average Bonchev–Trinajstić information content (AvgIpc) is 2.48. The summed E-state index contributed by atoms with van der Waals surface area (Å²) >= 11 is 0. The van der Waals surface area contributed by atoms with Crippen molar-refractivity contribution in [3.8, 4) is 0 Å². The SMILES string of the molecule is O=C=C1C=CCC2=C1C(=O)N=N2. The molecule has 0 aromatic carbocycles. The molecule has 1 aliphatic carbocycles. The molecule has 2 rings (SSSR count). The zero-order valence-corrected chi connectivity index (χ0v) is 6.07. The minimum Gasteiger partial charge on any atom is -0.265 e. The van der Waals surface area contributed by atoms with E-state index in [1.54, 1.807) is 18.1 Å². The Bertz CT molecular complexity index is 395. The van der Waals surface area contributed by atoms with E-state index < -0.39 is 5.91 Å². The van der Waals surface area contributed by atoms with Crippen molar-refractivity contribution in [1.82, 2.24) is 0 Å². The fraction of sp³-hybridized carbons (Fsp3) is 0.125. The second-order valence-electron chi connectivity index (χ2n) is 2.45. The van der Waals surface area contributed by atoms with Crippen molar-refractivity contribution in [2.45, 2.75) is 6.42 Å². The van der Waals surface area contributed by atoms with Crippen LogP contribution in [0, 0.1) is 0 Å². The fourth-order valence-electron chi connectivity index (χ4n) is 1.20. The molecule has 0 radical (unpaired) electrons. The molecule has 1 amide bonds. The van der Waals surface area contributed by atoms with E-state index in [2.05, 4.69) is 10.2 Å². The first-order chi connectivity index (χ1) is 5.83. The average molecular weight is 160 g/mol. The van der Waals surface area contributed by atoms with Crippen molar-refractivity contribution in [3.05, 3.63) is 29.0 Å². The van der Waals surface area contributed by atoms with E-state index in [4.69, 9.17) is 0 Å². The van der Waals surface area contributed by atoms with Gasteiger partial charge in [-0.1, -0.05) is 6.08 Å². The molecule has 0 N–H and O–H groups in total. The summed E-state index contributed by atoms with van der Waals surface area (Å²) in [6.07, 6.45) is 3.90. The van der Waals surface area contributed by atoms with E-state index in [9.17, 15) is 9.59 Å². The molecule has 0 aromatic heterocycles. The molecule has 0 saturated heterocycles. The lowest BCUT2D eigenvalue weighted by atomic mass is 9.99. The summed E-state index contributed by atoms with van der Waals surface area (Å²) in [5.74, 6) is 1.25. The molecule has 12 heavy (non-hydrogen) atoms. The quantitative estimate of drug-likeness (QED) is 0.495. The summed E-state index contributed by atoms with van der Waals surface area (Å²) in [6.45, 7) is 0. The van der Waals surface area contributed by atoms with Crippen LogP contribution < -0.4 is 0 Å². The number of allylic oxidation sites excluding steroid dienone is 2. The van der Waals surface area contributed by atoms with Crippen LogP contribution in [0.4, 0.5) is 0 Å². The zero-order valence-electron chi connectivity index (χ0n) is 6.07. The van der Waals surface area contributed by atoms with E-state index in [0.29, 0.717) is 17.7 Å². The fourth-order valence-corrected chi connectivity index (χ4v) is 1.20. The summed E-state index contributed by atoms with van der Waals surface area (Å²) in [5.41, 5.74) is 1.14. The molecule has 0 fully saturated rings. The molecule has 58 valence electrons. The minimum atomic E-state index is -0.437. The maximum absolute atomic E-state index is 11.0. The number of hydrogen-bond donors (Lipinski definition) is 0. The maximum atomic E-state index is 11.0. The molecule has 1 aliphatic heterocycles. The molecule has 0 aromatic rings. The molecule has 4 nitrogen and oxygen atoms in total. The number of hydrogen-bond acceptors (Lipinski definition) is 3. The molecule has 2 aliphatic rings. The first-order valence-corrected chi connectivity index (χ1v) is 3.44. The zero-order chi connectivity index (χ0) is 8.55. The lowest BCUT2D eigenvalue weighted by Crippen LogP contribution is -2.02. The Morgan fingerprint density at radius 1 is 1.42 bits per heavy atom. The predicted octanol–water partition coefficient (Wildman–Crippen LogP) is 0.951. The second kappa shape index (κ2) is 2.36. The highest BCUT2D eigenvalue weighted by Crippen LogP contribution is 2.29. The highest BCUT2D eigenvalue weighted by atomic mass is 16.2. The Kier molecular flexibility index (Phi) is 1.35. The normalized spacial score (nSPS) is 20.0. The summed E-state index contributed by atoms with van der Waals surface area (Å²) < 4.78 is 0. The predicted molar refractivity (Wildman–Crippen MR) is 39.9 cm³/mol. The molecule has 0 unspecified atom stereocenters. The van der Waals surface area contributed by atoms with E-state index >= 15 is 0 Å². The first-order valence-electron chi connectivity index (χ1n) is 3.44. The lowest BCUT2D eigenvalue weighted by molar-refractivity contribution is -0.114. The van der Waals surface area contributed by atoms with Crippen LogP contribution >= 0.6 is 0 Å². The smallest absolute Gasteiger partial charge is 0.265 e. The van der Waals surface area contributed by atoms with Crippen molar-refractivity contribution in [3.63, 3.8) is 0 Å². The Labute approximate surface area is 68.0 Å². The number of nitrogens with zero attached hydrogens (tertiary/aromatic N) is 2. The third-order valence-corrected chi connectivity index (χ3v) is 1.74. The molecular formula is C8H4N2O2. The van der Waals surface area contributed by atoms with E-state index in [-0.39, 0.29) is 5.57 Å². The number of amides is 1. The molecular weight excluding hydrogens is 156 g/mol. The van der Waals surface area contributed by atoms with Gasteiger partial charge in [-0.05, 0) is 6.08 Å². The summed E-state index contributed by atoms with van der Waals surface area (Å²) in [4.78, 5) is 21.4. The lowest BCUT2D eigenvalue weighted by Gasteiger charge is -2.03. The third kappa shape index (κ3) is 0.790. The van der Waals surface area contributed by atoms with E-state index in [0.717, 1.165) is 0 Å². The highest BCUT2D eigenvalue weighted by molar-refractivity contribution is 6.04. The Balaban J connectivity index is 2.58. The van der Waals surface area contributed by atoms with Crippen LogP contribution in [0.25, 0.3) is 0 Å². The third-order valence-electron chi connectivity index (χ3n) is 1.74. The van der Waals surface area contributed by atoms with Crippen molar-refractivity contribution in [2.75, 3.05) is 0 Å². The molecule has 0 atom stereocenters. The molecule has 0 spiro atoms. The molecule has 1 heterocycles. The van der Waals surface area contributed by atoms with Gasteiger partial charge in [0, 0.05) is 6.42 Å². The van der Waals surface area contributed by atoms with Gasteiger partial charge in [-0.15, -0.1) is 5.11 Å².